The van der Waals surface area contributed by atoms with Gasteiger partial charge in [-0.3, -0.25) is 0 Å². The third-order valence-corrected chi connectivity index (χ3v) is 4.36. The summed E-state index contributed by atoms with van der Waals surface area (Å²) in [5, 5.41) is 23.6. The molecule has 0 spiro atoms. The van der Waals surface area contributed by atoms with Crippen molar-refractivity contribution in [2.24, 2.45) is 0 Å². The van der Waals surface area contributed by atoms with Crippen LogP contribution in [0.5, 0.6) is 11.5 Å². The molecule has 3 rings (SSSR count). The first kappa shape index (κ1) is 23.5. The van der Waals surface area contributed by atoms with Gasteiger partial charge in [-0.05, 0) is 35.6 Å². The molecule has 1 radical (unpaired) electrons. The Labute approximate surface area is 175 Å². The van der Waals surface area contributed by atoms with Crippen LogP contribution in [0.2, 0.25) is 0 Å². The second kappa shape index (κ2) is 10.1. The van der Waals surface area contributed by atoms with Crippen LogP contribution >= 0.6 is 0 Å². The summed E-state index contributed by atoms with van der Waals surface area (Å²) in [7, 11) is 0. The van der Waals surface area contributed by atoms with Crippen molar-refractivity contribution in [3.05, 3.63) is 65.4 Å². The van der Waals surface area contributed by atoms with Gasteiger partial charge in [0, 0.05) is 22.4 Å². The van der Waals surface area contributed by atoms with Gasteiger partial charge in [-0.2, -0.15) is 0 Å². The van der Waals surface area contributed by atoms with Gasteiger partial charge in [0.15, 0.2) is 5.52 Å². The Morgan fingerprint density at radius 3 is 2.14 bits per heavy atom. The summed E-state index contributed by atoms with van der Waals surface area (Å²) in [6, 6.07) is 13.1. The van der Waals surface area contributed by atoms with Crippen LogP contribution in [0.1, 0.15) is 61.0 Å². The molecular weight excluding hydrogens is 406 g/mol. The largest absolute Gasteiger partial charge is 2.00 e. The van der Waals surface area contributed by atoms with Crippen molar-refractivity contribution < 1.29 is 37.2 Å². The van der Waals surface area contributed by atoms with Gasteiger partial charge in [-0.25, -0.2) is 4.98 Å². The van der Waals surface area contributed by atoms with Crippen LogP contribution in [0.3, 0.4) is 0 Å². The summed E-state index contributed by atoms with van der Waals surface area (Å²) in [4.78, 5) is 15.3. The predicted octanol–water partition coefficient (Wildman–Crippen LogP) is 3.91. The molecule has 5 nitrogen and oxygen atoms in total. The Bertz CT molecular complexity index is 949. The first-order valence-corrected chi connectivity index (χ1v) is 8.93. The van der Waals surface area contributed by atoms with E-state index in [0.717, 1.165) is 22.0 Å². The minimum absolute atomic E-state index is 0. The van der Waals surface area contributed by atoms with Crippen molar-refractivity contribution in [2.75, 3.05) is 0 Å². The minimum atomic E-state index is -0.769. The number of carbonyl (C=O) groups excluding carboxylic acids is 1. The van der Waals surface area contributed by atoms with E-state index in [0.29, 0.717) is 11.7 Å². The Morgan fingerprint density at radius 2 is 1.61 bits per heavy atom. The number of aromatic nitrogens is 1. The van der Waals surface area contributed by atoms with E-state index < -0.39 is 5.97 Å². The second-order valence-electron chi connectivity index (χ2n) is 7.05. The molecule has 1 heterocycles. The first-order chi connectivity index (χ1) is 12.7. The number of benzene rings is 2. The Balaban J connectivity index is 0.000000285. The van der Waals surface area contributed by atoms with Gasteiger partial charge in [0.05, 0.1) is 5.56 Å². The van der Waals surface area contributed by atoms with Gasteiger partial charge < -0.3 is 15.3 Å². The molecule has 28 heavy (non-hydrogen) atoms. The van der Waals surface area contributed by atoms with Crippen LogP contribution in [-0.2, 0) is 17.1 Å². The minimum Gasteiger partial charge on any atom is -0.592 e. The average Bonchev–Trinajstić information content (AvgIpc) is 2.62. The molecule has 0 fully saturated rings. The van der Waals surface area contributed by atoms with Gasteiger partial charge >= 0.3 is 23.0 Å². The maximum absolute atomic E-state index is 11.2. The maximum atomic E-state index is 11.2. The van der Waals surface area contributed by atoms with Gasteiger partial charge in [0.1, 0.15) is 0 Å². The number of para-hydroxylation sites is 1. The maximum Gasteiger partial charge on any atom is 2.00 e. The van der Waals surface area contributed by atoms with Crippen molar-refractivity contribution in [2.45, 2.75) is 39.5 Å². The van der Waals surface area contributed by atoms with Gasteiger partial charge in [0.2, 0.25) is 5.56 Å². The Hall–Kier alpha value is -2.56. The summed E-state index contributed by atoms with van der Waals surface area (Å²) >= 11 is 0. The van der Waals surface area contributed by atoms with Crippen molar-refractivity contribution in [1.29, 1.82) is 0 Å². The fourth-order valence-electron chi connectivity index (χ4n) is 2.76. The molecule has 0 atom stereocenters. The zero-order chi connectivity index (χ0) is 20.1. The molecule has 0 aliphatic heterocycles. The number of nitrogens with zero attached hydrogens (tertiary/aromatic N) is 1. The van der Waals surface area contributed by atoms with E-state index in [1.54, 1.807) is 18.3 Å². The molecule has 0 saturated carbocycles. The fraction of sp³-hybridized carbons (Fsp3) is 0.273. The van der Waals surface area contributed by atoms with Crippen molar-refractivity contribution in [3.63, 3.8) is 0 Å². The molecule has 2 aromatic carbocycles. The third-order valence-electron chi connectivity index (χ3n) is 4.36. The molecule has 0 aliphatic rings. The molecule has 0 bridgehead atoms. The summed E-state index contributed by atoms with van der Waals surface area (Å²) in [6.45, 7) is 8.08. The molecule has 0 saturated heterocycles. The summed E-state index contributed by atoms with van der Waals surface area (Å²) in [6.07, 6.45) is 1.71. The zero-order valence-corrected chi connectivity index (χ0v) is 17.4. The predicted molar refractivity (Wildman–Crippen MR) is 110 cm³/mol. The van der Waals surface area contributed by atoms with Crippen LogP contribution < -0.4 is 0 Å². The molecular formula is C22H28CuNO4+5. The van der Waals surface area contributed by atoms with Crippen LogP contribution in [0.25, 0.3) is 10.9 Å². The topological polar surface area (TPSA) is 98.7 Å². The smallest absolute Gasteiger partial charge is 0.592 e. The van der Waals surface area contributed by atoms with Gasteiger partial charge in [-0.15, -0.1) is 0 Å². The number of rotatable bonds is 3. The van der Waals surface area contributed by atoms with E-state index in [1.165, 1.54) is 0 Å². The molecule has 0 amide bonds. The van der Waals surface area contributed by atoms with Crippen molar-refractivity contribution >= 4 is 16.9 Å². The SMILES string of the molecule is CC(C)c1cc(C(=O)[OH2+])c([OH2+])c(C(C)C)c1.[Cu+2].[OH2+]c1cccc2cccnc12. The average molecular weight is 434 g/mol. The third kappa shape index (κ3) is 5.47. The monoisotopic (exact) mass is 433 g/mol. The Morgan fingerprint density at radius 1 is 0.964 bits per heavy atom. The van der Waals surface area contributed by atoms with Crippen LogP contribution in [0.15, 0.2) is 48.7 Å². The number of carbonyl (C=O) groups is 1. The van der Waals surface area contributed by atoms with Gasteiger partial charge in [0.25, 0.3) is 11.5 Å². The van der Waals surface area contributed by atoms with Crippen molar-refractivity contribution in [3.8, 4) is 11.5 Å². The van der Waals surface area contributed by atoms with Crippen LogP contribution in [0.4, 0.5) is 0 Å². The molecule has 151 valence electrons. The van der Waals surface area contributed by atoms with Gasteiger partial charge in [-0.1, -0.05) is 45.9 Å². The van der Waals surface area contributed by atoms with E-state index in [2.05, 4.69) is 4.98 Å². The summed E-state index contributed by atoms with van der Waals surface area (Å²) in [5.41, 5.74) is 2.86. The van der Waals surface area contributed by atoms with E-state index >= 15 is 0 Å². The molecule has 3 aromatic rings. The quantitative estimate of drug-likeness (QED) is 0.462. The van der Waals surface area contributed by atoms with E-state index in [9.17, 15) is 4.79 Å². The van der Waals surface area contributed by atoms with E-state index in [-0.39, 0.29) is 34.3 Å². The normalized spacial score (nSPS) is 10.4. The van der Waals surface area contributed by atoms with Crippen LogP contribution in [-0.4, -0.2) is 26.3 Å². The Kier molecular flexibility index (Phi) is 8.48. The number of hydrogen-bond acceptors (Lipinski definition) is 2. The van der Waals surface area contributed by atoms with Crippen LogP contribution in [0, 0.1) is 0 Å². The van der Waals surface area contributed by atoms with E-state index in [4.69, 9.17) is 15.3 Å². The zero-order valence-electron chi connectivity index (χ0n) is 16.4. The standard InChI is InChI=1S/C13H18O3.C9H7NO.Cu/c1-7(2)9-5-10(8(3)4)12(14)11(6-9)13(15)16;11-8-5-1-3-7-4-2-6-10-9(7)8;/h5-8,14H,1-4H3,(H,15,16);1-6,11H;/q;;+2/p+3. The first-order valence-electron chi connectivity index (χ1n) is 8.93. The summed E-state index contributed by atoms with van der Waals surface area (Å²) < 4.78 is 0. The van der Waals surface area contributed by atoms with E-state index in [1.807, 2.05) is 58.0 Å². The molecule has 0 aliphatic carbocycles. The number of hydrogen-bond donors (Lipinski definition) is 0. The fourth-order valence-corrected chi connectivity index (χ4v) is 2.76. The van der Waals surface area contributed by atoms with Crippen molar-refractivity contribution in [1.82, 2.24) is 4.98 Å². The molecule has 6 heteroatoms. The molecule has 6 N–H and O–H groups in total. The second-order valence-corrected chi connectivity index (χ2v) is 7.05. The molecule has 0 unspecified atom stereocenters. The summed E-state index contributed by atoms with van der Waals surface area (Å²) in [5.74, 6) is 0.428. The number of pyridine rings is 1. The number of fused-ring (bicyclic) bond motifs is 1. The molecule has 1 aromatic heterocycles.